The van der Waals surface area contributed by atoms with E-state index in [0.717, 1.165) is 25.7 Å². The molecule has 0 aromatic heterocycles. The van der Waals surface area contributed by atoms with Crippen LogP contribution in [0.15, 0.2) is 24.3 Å². The van der Waals surface area contributed by atoms with Crippen LogP contribution in [0.2, 0.25) is 0 Å². The molecule has 4 atom stereocenters. The third-order valence-electron chi connectivity index (χ3n) is 4.68. The van der Waals surface area contributed by atoms with Crippen molar-refractivity contribution >= 4 is 11.9 Å². The molecular formula is C18H26O4. The quantitative estimate of drug-likeness (QED) is 0.444. The number of ether oxygens (including phenoxy) is 2. The molecule has 0 saturated carbocycles. The van der Waals surface area contributed by atoms with Gasteiger partial charge in [0.25, 0.3) is 0 Å². The van der Waals surface area contributed by atoms with Crippen LogP contribution in [0.3, 0.4) is 0 Å². The monoisotopic (exact) mass is 306 g/mol. The number of hydrogen-bond donors (Lipinski definition) is 0. The molecule has 0 radical (unpaired) electrons. The Labute approximate surface area is 132 Å². The number of hydrogen-bond acceptors (Lipinski definition) is 4. The van der Waals surface area contributed by atoms with E-state index in [9.17, 15) is 9.59 Å². The smallest absolute Gasteiger partial charge is 0.309 e. The van der Waals surface area contributed by atoms with Crippen molar-refractivity contribution in [3.05, 3.63) is 24.3 Å². The van der Waals surface area contributed by atoms with Gasteiger partial charge in [0.1, 0.15) is 13.2 Å². The molecule has 0 aromatic rings. The summed E-state index contributed by atoms with van der Waals surface area (Å²) in [6.45, 7) is 4.42. The molecule has 4 heteroatoms. The van der Waals surface area contributed by atoms with Crippen molar-refractivity contribution in [2.75, 3.05) is 13.2 Å². The van der Waals surface area contributed by atoms with Crippen LogP contribution in [-0.2, 0) is 19.1 Å². The zero-order valence-electron chi connectivity index (χ0n) is 13.5. The van der Waals surface area contributed by atoms with Gasteiger partial charge in [-0.25, -0.2) is 0 Å². The third kappa shape index (κ3) is 4.46. The summed E-state index contributed by atoms with van der Waals surface area (Å²) in [5.41, 5.74) is 0. The average molecular weight is 306 g/mol. The van der Waals surface area contributed by atoms with Gasteiger partial charge in [0, 0.05) is 0 Å². The number of carbonyl (C=O) groups is 2. The number of esters is 2. The summed E-state index contributed by atoms with van der Waals surface area (Å²) in [4.78, 5) is 24.0. The third-order valence-corrected chi connectivity index (χ3v) is 4.68. The maximum Gasteiger partial charge on any atom is 0.309 e. The molecule has 0 amide bonds. The first-order valence-electron chi connectivity index (χ1n) is 8.23. The van der Waals surface area contributed by atoms with Crippen LogP contribution in [0.25, 0.3) is 0 Å². The fourth-order valence-corrected chi connectivity index (χ4v) is 3.06. The number of carbonyl (C=O) groups excluding carboxylic acids is 2. The van der Waals surface area contributed by atoms with Crippen molar-refractivity contribution in [2.24, 2.45) is 23.7 Å². The van der Waals surface area contributed by atoms with E-state index in [0.29, 0.717) is 11.8 Å². The first-order chi connectivity index (χ1) is 10.6. The summed E-state index contributed by atoms with van der Waals surface area (Å²) in [5, 5.41) is 0. The Hall–Kier alpha value is -1.58. The van der Waals surface area contributed by atoms with E-state index in [1.165, 1.54) is 0 Å². The van der Waals surface area contributed by atoms with Crippen LogP contribution in [0.1, 0.15) is 39.5 Å². The van der Waals surface area contributed by atoms with Crippen molar-refractivity contribution in [2.45, 2.75) is 39.5 Å². The zero-order chi connectivity index (χ0) is 15.9. The summed E-state index contributed by atoms with van der Waals surface area (Å²) in [6.07, 6.45) is 11.6. The standard InChI is InChI=1S/C18H26O4/c1-13-7-3-5-9-15(13)17(19)21-11-12-22-18(20)16-10-6-4-8-14(16)2/h3-6,13-16H,7-12H2,1-2H3/t13-,14+,15+,16-. The minimum atomic E-state index is -0.179. The van der Waals surface area contributed by atoms with Gasteiger partial charge < -0.3 is 9.47 Å². The lowest BCUT2D eigenvalue weighted by Gasteiger charge is -2.24. The van der Waals surface area contributed by atoms with Gasteiger partial charge in [0.05, 0.1) is 11.8 Å². The first kappa shape index (κ1) is 16.8. The molecule has 0 bridgehead atoms. The molecule has 0 spiro atoms. The molecule has 0 fully saturated rings. The largest absolute Gasteiger partial charge is 0.462 e. The normalized spacial score (nSPS) is 30.8. The minimum absolute atomic E-state index is 0.0656. The second kappa shape index (κ2) is 8.16. The molecule has 0 saturated heterocycles. The summed E-state index contributed by atoms with van der Waals surface area (Å²) in [5.74, 6) is 0.141. The SMILES string of the molecule is C[C@@H]1CC=CC[C@@H]1C(=O)OCCOC(=O)[C@@H]1CC=CC[C@@H]1C. The summed E-state index contributed by atoms with van der Waals surface area (Å²) in [7, 11) is 0. The van der Waals surface area contributed by atoms with Gasteiger partial charge in [0.2, 0.25) is 0 Å². The van der Waals surface area contributed by atoms with Gasteiger partial charge in [-0.2, -0.15) is 0 Å². The van der Waals surface area contributed by atoms with E-state index in [1.807, 2.05) is 12.2 Å². The van der Waals surface area contributed by atoms with Crippen LogP contribution in [0.5, 0.6) is 0 Å². The van der Waals surface area contributed by atoms with E-state index >= 15 is 0 Å². The molecule has 22 heavy (non-hydrogen) atoms. The highest BCUT2D eigenvalue weighted by atomic mass is 16.6. The predicted octanol–water partition coefficient (Wildman–Crippen LogP) is 3.28. The van der Waals surface area contributed by atoms with Crippen molar-refractivity contribution in [1.29, 1.82) is 0 Å². The van der Waals surface area contributed by atoms with Crippen LogP contribution >= 0.6 is 0 Å². The van der Waals surface area contributed by atoms with Gasteiger partial charge in [-0.05, 0) is 37.5 Å². The molecule has 0 aromatic carbocycles. The first-order valence-corrected chi connectivity index (χ1v) is 8.23. The van der Waals surface area contributed by atoms with E-state index < -0.39 is 0 Å². The Morgan fingerprint density at radius 3 is 1.50 bits per heavy atom. The maximum absolute atomic E-state index is 12.0. The van der Waals surface area contributed by atoms with Gasteiger partial charge in [-0.1, -0.05) is 38.2 Å². The number of rotatable bonds is 5. The average Bonchev–Trinajstić information content (AvgIpc) is 2.52. The van der Waals surface area contributed by atoms with Crippen molar-refractivity contribution in [1.82, 2.24) is 0 Å². The molecule has 0 heterocycles. The number of allylic oxidation sites excluding steroid dienone is 4. The highest BCUT2D eigenvalue weighted by molar-refractivity contribution is 5.74. The lowest BCUT2D eigenvalue weighted by Crippen LogP contribution is -2.28. The maximum atomic E-state index is 12.0. The predicted molar refractivity (Wildman–Crippen MR) is 84.0 cm³/mol. The molecule has 0 unspecified atom stereocenters. The molecular weight excluding hydrogens is 280 g/mol. The Bertz CT molecular complexity index is 410. The molecule has 122 valence electrons. The van der Waals surface area contributed by atoms with Crippen LogP contribution in [0.4, 0.5) is 0 Å². The van der Waals surface area contributed by atoms with Gasteiger partial charge in [-0.15, -0.1) is 0 Å². The summed E-state index contributed by atoms with van der Waals surface area (Å²) in [6, 6.07) is 0. The lowest BCUT2D eigenvalue weighted by atomic mass is 9.84. The Kier molecular flexibility index (Phi) is 6.22. The second-order valence-corrected chi connectivity index (χ2v) is 6.39. The topological polar surface area (TPSA) is 52.6 Å². The van der Waals surface area contributed by atoms with E-state index in [1.54, 1.807) is 0 Å². The Balaban J connectivity index is 1.66. The van der Waals surface area contributed by atoms with E-state index in [-0.39, 0.29) is 37.0 Å². The molecule has 2 aliphatic carbocycles. The molecule has 2 aliphatic rings. The summed E-state index contributed by atoms with van der Waals surface area (Å²) >= 11 is 0. The van der Waals surface area contributed by atoms with Crippen LogP contribution in [0, 0.1) is 23.7 Å². The van der Waals surface area contributed by atoms with Gasteiger partial charge >= 0.3 is 11.9 Å². The highest BCUT2D eigenvalue weighted by Crippen LogP contribution is 2.27. The molecule has 0 N–H and O–H groups in total. The van der Waals surface area contributed by atoms with Crippen molar-refractivity contribution in [3.8, 4) is 0 Å². The van der Waals surface area contributed by atoms with E-state index in [2.05, 4.69) is 26.0 Å². The fraction of sp³-hybridized carbons (Fsp3) is 0.667. The Morgan fingerprint density at radius 1 is 0.773 bits per heavy atom. The minimum Gasteiger partial charge on any atom is -0.462 e. The highest BCUT2D eigenvalue weighted by Gasteiger charge is 2.28. The van der Waals surface area contributed by atoms with Gasteiger partial charge in [0.15, 0.2) is 0 Å². The molecule has 4 nitrogen and oxygen atoms in total. The van der Waals surface area contributed by atoms with E-state index in [4.69, 9.17) is 9.47 Å². The van der Waals surface area contributed by atoms with Crippen LogP contribution in [-0.4, -0.2) is 25.2 Å². The zero-order valence-corrected chi connectivity index (χ0v) is 13.5. The van der Waals surface area contributed by atoms with Crippen molar-refractivity contribution in [3.63, 3.8) is 0 Å². The van der Waals surface area contributed by atoms with Crippen LogP contribution < -0.4 is 0 Å². The Morgan fingerprint density at radius 2 is 1.14 bits per heavy atom. The molecule has 0 aliphatic heterocycles. The summed E-state index contributed by atoms with van der Waals surface area (Å²) < 4.78 is 10.5. The van der Waals surface area contributed by atoms with Gasteiger partial charge in [-0.3, -0.25) is 9.59 Å². The second-order valence-electron chi connectivity index (χ2n) is 6.39. The van der Waals surface area contributed by atoms with Crippen molar-refractivity contribution < 1.29 is 19.1 Å². The lowest BCUT2D eigenvalue weighted by molar-refractivity contribution is -0.159. The molecule has 2 rings (SSSR count). The fourth-order valence-electron chi connectivity index (χ4n) is 3.06.